The standard InChI is InChI=1S/C26H26N2O6S/c1-17-7-10-20(11-8-17)35(30,31)28-15-25(34-22-12-9-18(2)13-21(22)28)26(29)27-14-19-16-32-23-5-3-4-6-24(23)33-19/h3-13,19,25H,14-16H2,1-2H3,(H,27,29)/t19-,25+/m0/s1. The molecule has 3 aromatic carbocycles. The van der Waals surface area contributed by atoms with Crippen molar-refractivity contribution >= 4 is 21.6 Å². The zero-order valence-corrected chi connectivity index (χ0v) is 20.2. The van der Waals surface area contributed by atoms with Gasteiger partial charge in [0.05, 0.1) is 23.7 Å². The van der Waals surface area contributed by atoms with Crippen molar-refractivity contribution in [3.8, 4) is 17.2 Å². The molecule has 0 saturated carbocycles. The van der Waals surface area contributed by atoms with E-state index >= 15 is 0 Å². The highest BCUT2D eigenvalue weighted by molar-refractivity contribution is 7.92. The number of hydrogen-bond donors (Lipinski definition) is 1. The summed E-state index contributed by atoms with van der Waals surface area (Å²) in [5.41, 5.74) is 2.25. The Kier molecular flexibility index (Phi) is 6.02. The molecular weight excluding hydrogens is 468 g/mol. The maximum absolute atomic E-state index is 13.6. The van der Waals surface area contributed by atoms with Gasteiger partial charge >= 0.3 is 0 Å². The molecule has 2 atom stereocenters. The Labute approximate surface area is 204 Å². The second-order valence-corrected chi connectivity index (χ2v) is 10.5. The molecule has 9 heteroatoms. The summed E-state index contributed by atoms with van der Waals surface area (Å²) in [4.78, 5) is 13.2. The molecular formula is C26H26N2O6S. The molecule has 0 unspecified atom stereocenters. The molecule has 2 aliphatic heterocycles. The van der Waals surface area contributed by atoms with Gasteiger partial charge in [0.2, 0.25) is 0 Å². The molecule has 0 aliphatic carbocycles. The number of sulfonamides is 1. The monoisotopic (exact) mass is 494 g/mol. The van der Waals surface area contributed by atoms with Gasteiger partial charge < -0.3 is 19.5 Å². The molecule has 3 aromatic rings. The zero-order chi connectivity index (χ0) is 24.6. The molecule has 0 fully saturated rings. The number of nitrogens with zero attached hydrogens (tertiary/aromatic N) is 1. The Morgan fingerprint density at radius 3 is 2.43 bits per heavy atom. The first-order valence-corrected chi connectivity index (χ1v) is 12.8. The first-order chi connectivity index (χ1) is 16.8. The number of nitrogens with one attached hydrogen (secondary N) is 1. The molecule has 5 rings (SSSR count). The van der Waals surface area contributed by atoms with E-state index < -0.39 is 22.0 Å². The van der Waals surface area contributed by atoms with Crippen molar-refractivity contribution in [1.82, 2.24) is 5.32 Å². The minimum Gasteiger partial charge on any atom is -0.486 e. The Morgan fingerprint density at radius 2 is 1.66 bits per heavy atom. The molecule has 1 amide bonds. The van der Waals surface area contributed by atoms with Gasteiger partial charge in [-0.25, -0.2) is 8.42 Å². The molecule has 1 N–H and O–H groups in total. The highest BCUT2D eigenvalue weighted by Gasteiger charge is 2.38. The Morgan fingerprint density at radius 1 is 0.943 bits per heavy atom. The summed E-state index contributed by atoms with van der Waals surface area (Å²) in [7, 11) is -3.92. The molecule has 0 radical (unpaired) electrons. The van der Waals surface area contributed by atoms with E-state index in [9.17, 15) is 13.2 Å². The molecule has 2 aliphatic rings. The number of benzene rings is 3. The van der Waals surface area contributed by atoms with Crippen LogP contribution in [0, 0.1) is 13.8 Å². The maximum Gasteiger partial charge on any atom is 0.264 e. The molecule has 2 heterocycles. The first-order valence-electron chi connectivity index (χ1n) is 11.3. The molecule has 8 nitrogen and oxygen atoms in total. The zero-order valence-electron chi connectivity index (χ0n) is 19.4. The van der Waals surface area contributed by atoms with Gasteiger partial charge in [0, 0.05) is 0 Å². The van der Waals surface area contributed by atoms with E-state index in [0.29, 0.717) is 29.5 Å². The van der Waals surface area contributed by atoms with Crippen molar-refractivity contribution in [2.24, 2.45) is 0 Å². The third-order valence-corrected chi connectivity index (χ3v) is 7.75. The lowest BCUT2D eigenvalue weighted by Crippen LogP contribution is -2.52. The van der Waals surface area contributed by atoms with Crippen molar-refractivity contribution < 1.29 is 27.4 Å². The largest absolute Gasteiger partial charge is 0.486 e. The van der Waals surface area contributed by atoms with Crippen LogP contribution in [0.4, 0.5) is 5.69 Å². The van der Waals surface area contributed by atoms with E-state index in [1.54, 1.807) is 42.5 Å². The van der Waals surface area contributed by atoms with Gasteiger partial charge in [-0.1, -0.05) is 35.9 Å². The molecule has 35 heavy (non-hydrogen) atoms. The van der Waals surface area contributed by atoms with Gasteiger partial charge in [-0.2, -0.15) is 0 Å². The minimum absolute atomic E-state index is 0.149. The number of para-hydroxylation sites is 2. The lowest BCUT2D eigenvalue weighted by Gasteiger charge is -2.35. The number of carbonyl (C=O) groups excluding carboxylic acids is 1. The van der Waals surface area contributed by atoms with E-state index in [1.807, 2.05) is 38.1 Å². The predicted molar refractivity (Wildman–Crippen MR) is 131 cm³/mol. The van der Waals surface area contributed by atoms with E-state index in [-0.39, 0.29) is 24.1 Å². The van der Waals surface area contributed by atoms with Crippen molar-refractivity contribution in [1.29, 1.82) is 0 Å². The Hall–Kier alpha value is -3.72. The van der Waals surface area contributed by atoms with Gasteiger partial charge in [-0.3, -0.25) is 9.10 Å². The fraction of sp³-hybridized carbons (Fsp3) is 0.269. The van der Waals surface area contributed by atoms with Gasteiger partial charge in [0.25, 0.3) is 15.9 Å². The Balaban J connectivity index is 1.34. The van der Waals surface area contributed by atoms with Crippen molar-refractivity contribution in [2.75, 3.05) is 24.0 Å². The van der Waals surface area contributed by atoms with Crippen LogP contribution in [-0.2, 0) is 14.8 Å². The summed E-state index contributed by atoms with van der Waals surface area (Å²) in [5, 5.41) is 2.82. The third kappa shape index (κ3) is 4.64. The van der Waals surface area contributed by atoms with E-state index in [2.05, 4.69) is 5.32 Å². The smallest absolute Gasteiger partial charge is 0.264 e. The number of aryl methyl sites for hydroxylation is 2. The quantitative estimate of drug-likeness (QED) is 0.586. The highest BCUT2D eigenvalue weighted by atomic mass is 32.2. The predicted octanol–water partition coefficient (Wildman–Crippen LogP) is 3.22. The lowest BCUT2D eigenvalue weighted by molar-refractivity contribution is -0.128. The van der Waals surface area contributed by atoms with Crippen molar-refractivity contribution in [2.45, 2.75) is 31.0 Å². The molecule has 0 saturated heterocycles. The minimum atomic E-state index is -3.92. The fourth-order valence-corrected chi connectivity index (χ4v) is 5.52. The van der Waals surface area contributed by atoms with Crippen LogP contribution < -0.4 is 23.8 Å². The van der Waals surface area contributed by atoms with Gasteiger partial charge in [-0.15, -0.1) is 0 Å². The van der Waals surface area contributed by atoms with E-state index in [1.165, 1.54) is 4.31 Å². The fourth-order valence-electron chi connectivity index (χ4n) is 4.05. The molecule has 182 valence electrons. The van der Waals surface area contributed by atoms with Crippen LogP contribution in [0.2, 0.25) is 0 Å². The number of amides is 1. The summed E-state index contributed by atoms with van der Waals surface area (Å²) < 4.78 is 45.9. The van der Waals surface area contributed by atoms with Crippen LogP contribution in [0.1, 0.15) is 11.1 Å². The second kappa shape index (κ2) is 9.14. The maximum atomic E-state index is 13.6. The summed E-state index contributed by atoms with van der Waals surface area (Å²) >= 11 is 0. The van der Waals surface area contributed by atoms with Crippen LogP contribution in [0.25, 0.3) is 0 Å². The van der Waals surface area contributed by atoms with Gasteiger partial charge in [0.15, 0.2) is 17.6 Å². The van der Waals surface area contributed by atoms with Crippen LogP contribution in [0.5, 0.6) is 17.2 Å². The number of carbonyl (C=O) groups is 1. The summed E-state index contributed by atoms with van der Waals surface area (Å²) in [6, 6.07) is 19.2. The van der Waals surface area contributed by atoms with E-state index in [0.717, 1.165) is 11.1 Å². The average molecular weight is 495 g/mol. The molecule has 0 aromatic heterocycles. The number of fused-ring (bicyclic) bond motifs is 2. The SMILES string of the molecule is Cc1ccc(S(=O)(=O)N2C[C@H](C(=O)NC[C@H]3COc4ccccc4O3)Oc3ccc(C)cc32)cc1. The van der Waals surface area contributed by atoms with Crippen LogP contribution >= 0.6 is 0 Å². The second-order valence-electron chi connectivity index (χ2n) is 8.67. The number of anilines is 1. The highest BCUT2D eigenvalue weighted by Crippen LogP contribution is 2.38. The first kappa shape index (κ1) is 23.0. The average Bonchev–Trinajstić information content (AvgIpc) is 2.86. The topological polar surface area (TPSA) is 94.2 Å². The number of ether oxygens (including phenoxy) is 3. The molecule has 0 bridgehead atoms. The number of rotatable bonds is 5. The normalized spacial score (nSPS) is 18.9. The van der Waals surface area contributed by atoms with E-state index in [4.69, 9.17) is 14.2 Å². The van der Waals surface area contributed by atoms with Crippen molar-refractivity contribution in [3.63, 3.8) is 0 Å². The summed E-state index contributed by atoms with van der Waals surface area (Å²) in [6.07, 6.45) is -1.40. The van der Waals surface area contributed by atoms with Crippen LogP contribution in [0.15, 0.2) is 71.6 Å². The number of hydrogen-bond acceptors (Lipinski definition) is 6. The van der Waals surface area contributed by atoms with Crippen LogP contribution in [0.3, 0.4) is 0 Å². The lowest BCUT2D eigenvalue weighted by atomic mass is 10.1. The van der Waals surface area contributed by atoms with Crippen LogP contribution in [-0.4, -0.2) is 46.2 Å². The Bertz CT molecular complexity index is 1360. The van der Waals surface area contributed by atoms with Gasteiger partial charge in [-0.05, 0) is 55.8 Å². The van der Waals surface area contributed by atoms with Gasteiger partial charge in [0.1, 0.15) is 18.5 Å². The van der Waals surface area contributed by atoms with Crippen molar-refractivity contribution in [3.05, 3.63) is 77.9 Å². The summed E-state index contributed by atoms with van der Waals surface area (Å²) in [6.45, 7) is 4.10. The summed E-state index contributed by atoms with van der Waals surface area (Å²) in [5.74, 6) is 1.19. The molecule has 0 spiro atoms. The third-order valence-electron chi connectivity index (χ3n) is 5.96.